The first-order chi connectivity index (χ1) is 20.9. The summed E-state index contributed by atoms with van der Waals surface area (Å²) in [6.07, 6.45) is 8.47. The molecular weight excluding hydrogens is 572 g/mol. The van der Waals surface area contributed by atoms with Crippen LogP contribution < -0.4 is 16.4 Å². The molecule has 3 amide bonds. The van der Waals surface area contributed by atoms with Gasteiger partial charge in [0.2, 0.25) is 17.7 Å². The van der Waals surface area contributed by atoms with Gasteiger partial charge in [0.1, 0.15) is 6.04 Å². The molecule has 4 N–H and O–H groups in total. The highest BCUT2D eigenvalue weighted by Gasteiger charge is 2.49. The number of fused-ring (bicyclic) bond motifs is 1. The molecule has 8 heteroatoms. The number of piperidine rings is 1. The predicted octanol–water partition coefficient (Wildman–Crippen LogP) is 5.21. The molecule has 1 heterocycles. The summed E-state index contributed by atoms with van der Waals surface area (Å²) in [6.45, 7) is 7.07. The molecule has 0 radical (unpaired) electrons. The third kappa shape index (κ3) is 7.48. The Morgan fingerprint density at radius 2 is 1.57 bits per heavy atom. The van der Waals surface area contributed by atoms with Crippen LogP contribution in [0.1, 0.15) is 82.4 Å². The molecule has 2 aromatic carbocycles. The maximum Gasteiger partial charge on any atom is 0.245 e. The van der Waals surface area contributed by atoms with Gasteiger partial charge < -0.3 is 21.3 Å². The quantitative estimate of drug-likeness (QED) is 0.395. The van der Waals surface area contributed by atoms with E-state index in [-0.39, 0.29) is 29.3 Å². The summed E-state index contributed by atoms with van der Waals surface area (Å²) in [5, 5.41) is 7.03. The van der Waals surface area contributed by atoms with Crippen LogP contribution in [0.3, 0.4) is 0 Å². The lowest BCUT2D eigenvalue weighted by molar-refractivity contribution is -0.147. The van der Waals surface area contributed by atoms with E-state index in [2.05, 4.69) is 22.8 Å². The van der Waals surface area contributed by atoms with E-state index in [1.165, 1.54) is 12.0 Å². The van der Waals surface area contributed by atoms with Gasteiger partial charge in [-0.3, -0.25) is 14.4 Å². The topological polar surface area (TPSA) is 105 Å². The molecule has 3 atom stereocenters. The molecule has 0 spiro atoms. The zero-order valence-electron chi connectivity index (χ0n) is 26.5. The van der Waals surface area contributed by atoms with E-state index in [9.17, 15) is 14.4 Å². The first kappa shape index (κ1) is 32.5. The van der Waals surface area contributed by atoms with Crippen LogP contribution >= 0.6 is 11.6 Å². The summed E-state index contributed by atoms with van der Waals surface area (Å²) in [5.41, 5.74) is 8.97. The fourth-order valence-corrected chi connectivity index (χ4v) is 7.78. The normalized spacial score (nSPS) is 22.9. The van der Waals surface area contributed by atoms with Gasteiger partial charge in [0.25, 0.3) is 0 Å². The van der Waals surface area contributed by atoms with E-state index in [0.29, 0.717) is 56.1 Å². The van der Waals surface area contributed by atoms with Crippen LogP contribution in [0.25, 0.3) is 0 Å². The number of amides is 3. The van der Waals surface area contributed by atoms with Crippen LogP contribution in [-0.4, -0.2) is 53.3 Å². The third-order valence-electron chi connectivity index (χ3n) is 10.1. The Morgan fingerprint density at radius 1 is 0.955 bits per heavy atom. The molecule has 2 aliphatic carbocycles. The minimum atomic E-state index is -0.737. The van der Waals surface area contributed by atoms with Crippen LogP contribution in [0.2, 0.25) is 5.02 Å². The molecule has 1 saturated heterocycles. The first-order valence-electron chi connectivity index (χ1n) is 16.4. The van der Waals surface area contributed by atoms with Crippen molar-refractivity contribution in [3.8, 4) is 0 Å². The number of hydrogen-bond donors (Lipinski definition) is 3. The lowest BCUT2D eigenvalue weighted by atomic mass is 9.63. The second-order valence-electron chi connectivity index (χ2n) is 14.4. The van der Waals surface area contributed by atoms with E-state index >= 15 is 0 Å². The zero-order valence-corrected chi connectivity index (χ0v) is 27.3. The van der Waals surface area contributed by atoms with Gasteiger partial charge in [0, 0.05) is 36.1 Å². The molecule has 5 rings (SSSR count). The zero-order chi connectivity index (χ0) is 31.5. The average molecular weight is 621 g/mol. The number of halogens is 1. The Morgan fingerprint density at radius 3 is 2.18 bits per heavy atom. The first-order valence-corrected chi connectivity index (χ1v) is 16.8. The van der Waals surface area contributed by atoms with E-state index in [4.69, 9.17) is 17.3 Å². The summed E-state index contributed by atoms with van der Waals surface area (Å²) in [4.78, 5) is 43.7. The van der Waals surface area contributed by atoms with E-state index in [0.717, 1.165) is 36.8 Å². The molecule has 7 nitrogen and oxygen atoms in total. The summed E-state index contributed by atoms with van der Waals surface area (Å²) >= 11 is 6.14. The molecule has 238 valence electrons. The van der Waals surface area contributed by atoms with Gasteiger partial charge in [0.15, 0.2) is 0 Å². The monoisotopic (exact) mass is 620 g/mol. The van der Waals surface area contributed by atoms with Crippen molar-refractivity contribution in [3.05, 3.63) is 70.2 Å². The van der Waals surface area contributed by atoms with Crippen molar-refractivity contribution in [2.24, 2.45) is 23.0 Å². The third-order valence-corrected chi connectivity index (χ3v) is 10.4. The van der Waals surface area contributed by atoms with Crippen LogP contribution in [-0.2, 0) is 33.6 Å². The molecule has 1 saturated carbocycles. The lowest BCUT2D eigenvalue weighted by Crippen LogP contribution is -2.59. The fraction of sp³-hybridized carbons (Fsp3) is 0.583. The van der Waals surface area contributed by atoms with Crippen molar-refractivity contribution in [1.29, 1.82) is 0 Å². The number of carbonyl (C=O) groups excluding carboxylic acids is 3. The Kier molecular flexibility index (Phi) is 10.1. The fourth-order valence-electron chi connectivity index (χ4n) is 7.65. The Hall–Kier alpha value is -2.90. The van der Waals surface area contributed by atoms with Crippen LogP contribution in [0, 0.1) is 17.3 Å². The molecular formula is C36H49ClN4O3. The van der Waals surface area contributed by atoms with E-state index in [1.807, 2.05) is 62.1 Å². The number of nitrogens with two attached hydrogens (primary N) is 1. The van der Waals surface area contributed by atoms with Gasteiger partial charge in [-0.15, -0.1) is 0 Å². The van der Waals surface area contributed by atoms with Crippen LogP contribution in [0.5, 0.6) is 0 Å². The van der Waals surface area contributed by atoms with Crippen molar-refractivity contribution in [1.82, 2.24) is 15.5 Å². The number of likely N-dealkylation sites (tertiary alicyclic amines) is 1. The molecule has 0 aromatic heterocycles. The number of hydrogen-bond acceptors (Lipinski definition) is 4. The minimum absolute atomic E-state index is 0.105. The van der Waals surface area contributed by atoms with Crippen LogP contribution in [0.4, 0.5) is 0 Å². The molecule has 2 unspecified atom stereocenters. The van der Waals surface area contributed by atoms with Gasteiger partial charge in [-0.05, 0) is 94.0 Å². The largest absolute Gasteiger partial charge is 0.351 e. The maximum absolute atomic E-state index is 14.2. The molecule has 3 aliphatic rings. The van der Waals surface area contributed by atoms with Crippen molar-refractivity contribution < 1.29 is 14.4 Å². The second-order valence-corrected chi connectivity index (χ2v) is 14.8. The highest BCUT2D eigenvalue weighted by Crippen LogP contribution is 2.46. The Bertz CT molecular complexity index is 1320. The molecule has 2 fully saturated rings. The highest BCUT2D eigenvalue weighted by atomic mass is 35.5. The number of rotatable bonds is 7. The number of nitrogens with zero attached hydrogens (tertiary/aromatic N) is 1. The lowest BCUT2D eigenvalue weighted by Gasteiger charge is -2.48. The summed E-state index contributed by atoms with van der Waals surface area (Å²) in [6, 6.07) is 14.5. The minimum Gasteiger partial charge on any atom is -0.351 e. The molecule has 44 heavy (non-hydrogen) atoms. The van der Waals surface area contributed by atoms with Crippen molar-refractivity contribution in [2.75, 3.05) is 13.1 Å². The smallest absolute Gasteiger partial charge is 0.245 e. The number of carbonyl (C=O) groups is 3. The Labute approximate surface area is 267 Å². The summed E-state index contributed by atoms with van der Waals surface area (Å²) < 4.78 is 0. The predicted molar refractivity (Wildman–Crippen MR) is 175 cm³/mol. The number of benzene rings is 2. The van der Waals surface area contributed by atoms with Crippen LogP contribution in [0.15, 0.2) is 48.5 Å². The molecule has 2 aromatic rings. The number of nitrogens with one attached hydrogen (secondary N) is 2. The Balaban J connectivity index is 1.33. The summed E-state index contributed by atoms with van der Waals surface area (Å²) in [5.74, 6) is -0.242. The van der Waals surface area contributed by atoms with Gasteiger partial charge in [-0.2, -0.15) is 0 Å². The van der Waals surface area contributed by atoms with Gasteiger partial charge in [-0.25, -0.2) is 0 Å². The van der Waals surface area contributed by atoms with E-state index in [1.54, 1.807) is 0 Å². The van der Waals surface area contributed by atoms with Crippen molar-refractivity contribution in [3.63, 3.8) is 0 Å². The van der Waals surface area contributed by atoms with E-state index < -0.39 is 17.4 Å². The SMILES string of the molecule is CC(C)(C)NC(=O)C1(C2CCCCC2)CCN(C(=O)[C@@H](Cc2ccc(Cl)cc2)NC(=O)C2Cc3ccccc3CC2N)CC1. The average Bonchev–Trinajstić information content (AvgIpc) is 3.00. The van der Waals surface area contributed by atoms with Gasteiger partial charge in [-0.1, -0.05) is 67.3 Å². The summed E-state index contributed by atoms with van der Waals surface area (Å²) in [7, 11) is 0. The standard InChI is InChI=1S/C36H49ClN4O3/c1-35(2,3)40-34(44)36(27-11-5-4-6-12-27)17-19-41(20-18-36)33(43)31(21-24-13-15-28(37)16-14-24)39-32(42)29-22-25-9-7-8-10-26(25)23-30(29)38/h7-10,13-16,27,29-31H,4-6,11-12,17-23,38H2,1-3H3,(H,39,42)(H,40,44)/t29?,30?,31-/m1/s1. The highest BCUT2D eigenvalue weighted by molar-refractivity contribution is 6.30. The molecule has 1 aliphatic heterocycles. The second kappa shape index (κ2) is 13.6. The maximum atomic E-state index is 14.2. The van der Waals surface area contributed by atoms with Crippen molar-refractivity contribution >= 4 is 29.3 Å². The van der Waals surface area contributed by atoms with Crippen molar-refractivity contribution in [2.45, 2.75) is 103 Å². The molecule has 0 bridgehead atoms. The van der Waals surface area contributed by atoms with Gasteiger partial charge >= 0.3 is 0 Å². The van der Waals surface area contributed by atoms with Gasteiger partial charge in [0.05, 0.1) is 11.3 Å².